The predicted octanol–water partition coefficient (Wildman–Crippen LogP) is 2.54. The van der Waals surface area contributed by atoms with Crippen molar-refractivity contribution >= 4 is 23.6 Å². The topological polar surface area (TPSA) is 66.4 Å². The van der Waals surface area contributed by atoms with Gasteiger partial charge in [0.25, 0.3) is 0 Å². The van der Waals surface area contributed by atoms with E-state index in [4.69, 9.17) is 0 Å². The number of carbonyl (C=O) groups excluding carboxylic acids is 1. The van der Waals surface area contributed by atoms with Crippen LogP contribution in [0.2, 0.25) is 0 Å². The number of thioether (sulfide) groups is 1. The SMILES string of the molecule is O=C(CSc1ccccc1)N[C@@H]1CCCC[C@@H]1C(=O)O. The molecule has 0 aliphatic heterocycles. The van der Waals surface area contributed by atoms with E-state index in [1.165, 1.54) is 11.8 Å². The van der Waals surface area contributed by atoms with Gasteiger partial charge in [-0.1, -0.05) is 31.0 Å². The molecule has 0 heterocycles. The van der Waals surface area contributed by atoms with Gasteiger partial charge < -0.3 is 10.4 Å². The first-order chi connectivity index (χ1) is 9.66. The first kappa shape index (κ1) is 14.9. The molecule has 0 unspecified atom stereocenters. The summed E-state index contributed by atoms with van der Waals surface area (Å²) in [5, 5.41) is 12.1. The van der Waals surface area contributed by atoms with Crippen molar-refractivity contribution in [2.24, 2.45) is 5.92 Å². The molecule has 0 spiro atoms. The van der Waals surface area contributed by atoms with Gasteiger partial charge in [0.15, 0.2) is 0 Å². The van der Waals surface area contributed by atoms with Crippen molar-refractivity contribution in [1.82, 2.24) is 5.32 Å². The van der Waals surface area contributed by atoms with Crippen LogP contribution >= 0.6 is 11.8 Å². The van der Waals surface area contributed by atoms with E-state index in [1.54, 1.807) is 0 Å². The number of carboxylic acids is 1. The van der Waals surface area contributed by atoms with E-state index in [0.717, 1.165) is 24.2 Å². The van der Waals surface area contributed by atoms with E-state index in [1.807, 2.05) is 30.3 Å². The fourth-order valence-corrected chi connectivity index (χ4v) is 3.24. The summed E-state index contributed by atoms with van der Waals surface area (Å²) in [5.74, 6) is -0.996. The molecule has 0 bridgehead atoms. The highest BCUT2D eigenvalue weighted by atomic mass is 32.2. The zero-order valence-electron chi connectivity index (χ0n) is 11.2. The van der Waals surface area contributed by atoms with E-state index in [0.29, 0.717) is 12.2 Å². The molecule has 1 aromatic rings. The van der Waals surface area contributed by atoms with Crippen LogP contribution < -0.4 is 5.32 Å². The summed E-state index contributed by atoms with van der Waals surface area (Å²) in [4.78, 5) is 24.1. The van der Waals surface area contributed by atoms with Crippen molar-refractivity contribution in [3.05, 3.63) is 30.3 Å². The Morgan fingerprint density at radius 2 is 1.90 bits per heavy atom. The molecule has 2 N–H and O–H groups in total. The lowest BCUT2D eigenvalue weighted by molar-refractivity contribution is -0.144. The minimum absolute atomic E-state index is 0.0861. The largest absolute Gasteiger partial charge is 0.481 e. The van der Waals surface area contributed by atoms with E-state index in [9.17, 15) is 14.7 Å². The second-order valence-electron chi connectivity index (χ2n) is 5.00. The third-order valence-corrected chi connectivity index (χ3v) is 4.55. The van der Waals surface area contributed by atoms with Crippen molar-refractivity contribution in [1.29, 1.82) is 0 Å². The van der Waals surface area contributed by atoms with Crippen molar-refractivity contribution in [2.45, 2.75) is 36.6 Å². The molecule has 5 heteroatoms. The number of carbonyl (C=O) groups is 2. The zero-order chi connectivity index (χ0) is 14.4. The lowest BCUT2D eigenvalue weighted by atomic mass is 9.84. The number of carboxylic acid groups (broad SMARTS) is 1. The molecule has 1 aliphatic carbocycles. The maximum atomic E-state index is 11.9. The number of rotatable bonds is 5. The zero-order valence-corrected chi connectivity index (χ0v) is 12.1. The second kappa shape index (κ2) is 7.33. The third-order valence-electron chi connectivity index (χ3n) is 3.54. The average Bonchev–Trinajstić information content (AvgIpc) is 2.46. The molecular weight excluding hydrogens is 274 g/mol. The fourth-order valence-electron chi connectivity index (χ4n) is 2.51. The molecule has 1 saturated carbocycles. The molecule has 2 rings (SSSR count). The quantitative estimate of drug-likeness (QED) is 0.819. The van der Waals surface area contributed by atoms with Gasteiger partial charge in [-0.15, -0.1) is 11.8 Å². The lowest BCUT2D eigenvalue weighted by Gasteiger charge is -2.29. The molecule has 108 valence electrons. The summed E-state index contributed by atoms with van der Waals surface area (Å²) >= 11 is 1.47. The van der Waals surface area contributed by atoms with Crippen LogP contribution in [0.25, 0.3) is 0 Å². The van der Waals surface area contributed by atoms with Gasteiger partial charge in [-0.3, -0.25) is 9.59 Å². The molecule has 0 saturated heterocycles. The second-order valence-corrected chi connectivity index (χ2v) is 6.05. The fraction of sp³-hybridized carbons (Fsp3) is 0.467. The van der Waals surface area contributed by atoms with E-state index >= 15 is 0 Å². The van der Waals surface area contributed by atoms with E-state index < -0.39 is 11.9 Å². The Labute approximate surface area is 123 Å². The van der Waals surface area contributed by atoms with Crippen LogP contribution in [0.3, 0.4) is 0 Å². The van der Waals surface area contributed by atoms with Crippen LogP contribution in [0.4, 0.5) is 0 Å². The Morgan fingerprint density at radius 3 is 2.60 bits per heavy atom. The Kier molecular flexibility index (Phi) is 5.47. The van der Waals surface area contributed by atoms with Gasteiger partial charge in [0.2, 0.25) is 5.91 Å². The van der Waals surface area contributed by atoms with Gasteiger partial charge in [0, 0.05) is 10.9 Å². The Morgan fingerprint density at radius 1 is 1.20 bits per heavy atom. The maximum Gasteiger partial charge on any atom is 0.308 e. The summed E-state index contributed by atoms with van der Waals surface area (Å²) in [6, 6.07) is 9.50. The van der Waals surface area contributed by atoms with Crippen molar-refractivity contribution in [3.8, 4) is 0 Å². The Hall–Kier alpha value is -1.49. The summed E-state index contributed by atoms with van der Waals surface area (Å²) in [6.45, 7) is 0. The predicted molar refractivity (Wildman–Crippen MR) is 78.7 cm³/mol. The first-order valence-electron chi connectivity index (χ1n) is 6.87. The van der Waals surface area contributed by atoms with Gasteiger partial charge in [0.05, 0.1) is 11.7 Å². The summed E-state index contributed by atoms with van der Waals surface area (Å²) in [6.07, 6.45) is 3.34. The first-order valence-corrected chi connectivity index (χ1v) is 7.85. The highest BCUT2D eigenvalue weighted by Crippen LogP contribution is 2.25. The summed E-state index contributed by atoms with van der Waals surface area (Å²) < 4.78 is 0. The normalized spacial score (nSPS) is 22.2. The van der Waals surface area contributed by atoms with E-state index in [2.05, 4.69) is 5.32 Å². The summed E-state index contributed by atoms with van der Waals surface area (Å²) in [7, 11) is 0. The van der Waals surface area contributed by atoms with Crippen molar-refractivity contribution < 1.29 is 14.7 Å². The van der Waals surface area contributed by atoms with Crippen LogP contribution in [-0.4, -0.2) is 28.8 Å². The van der Waals surface area contributed by atoms with Gasteiger partial charge >= 0.3 is 5.97 Å². The number of hydrogen-bond acceptors (Lipinski definition) is 3. The Bertz CT molecular complexity index is 463. The number of benzene rings is 1. The molecule has 1 amide bonds. The van der Waals surface area contributed by atoms with Crippen LogP contribution in [0.5, 0.6) is 0 Å². The molecule has 1 fully saturated rings. The van der Waals surface area contributed by atoms with Gasteiger partial charge in [-0.25, -0.2) is 0 Å². The maximum absolute atomic E-state index is 11.9. The highest BCUT2D eigenvalue weighted by Gasteiger charge is 2.31. The van der Waals surface area contributed by atoms with Crippen LogP contribution in [0.1, 0.15) is 25.7 Å². The number of nitrogens with one attached hydrogen (secondary N) is 1. The van der Waals surface area contributed by atoms with E-state index in [-0.39, 0.29) is 11.9 Å². The standard InChI is InChI=1S/C15H19NO3S/c17-14(10-20-11-6-2-1-3-7-11)16-13-9-5-4-8-12(13)15(18)19/h1-3,6-7,12-13H,4-5,8-10H2,(H,16,17)(H,18,19)/t12-,13+/m0/s1. The van der Waals surface area contributed by atoms with Crippen LogP contribution in [0, 0.1) is 5.92 Å². The Balaban J connectivity index is 1.82. The van der Waals surface area contributed by atoms with Crippen molar-refractivity contribution in [3.63, 3.8) is 0 Å². The monoisotopic (exact) mass is 293 g/mol. The molecule has 20 heavy (non-hydrogen) atoms. The molecule has 0 aromatic heterocycles. The third kappa shape index (κ3) is 4.27. The smallest absolute Gasteiger partial charge is 0.308 e. The molecule has 1 aliphatic rings. The molecule has 4 nitrogen and oxygen atoms in total. The minimum atomic E-state index is -0.800. The lowest BCUT2D eigenvalue weighted by Crippen LogP contribution is -2.45. The molecule has 0 radical (unpaired) electrons. The van der Waals surface area contributed by atoms with Gasteiger partial charge in [0.1, 0.15) is 0 Å². The molecule has 1 aromatic carbocycles. The highest BCUT2D eigenvalue weighted by molar-refractivity contribution is 8.00. The molecular formula is C15H19NO3S. The summed E-state index contributed by atoms with van der Waals surface area (Å²) in [5.41, 5.74) is 0. The van der Waals surface area contributed by atoms with Crippen LogP contribution in [0.15, 0.2) is 35.2 Å². The average molecular weight is 293 g/mol. The number of hydrogen-bond donors (Lipinski definition) is 2. The van der Waals surface area contributed by atoms with Crippen LogP contribution in [-0.2, 0) is 9.59 Å². The van der Waals surface area contributed by atoms with Gasteiger partial charge in [-0.2, -0.15) is 0 Å². The van der Waals surface area contributed by atoms with Gasteiger partial charge in [-0.05, 0) is 25.0 Å². The van der Waals surface area contributed by atoms with Crippen molar-refractivity contribution in [2.75, 3.05) is 5.75 Å². The minimum Gasteiger partial charge on any atom is -0.481 e. The molecule has 2 atom stereocenters. The number of aliphatic carboxylic acids is 1. The number of amides is 1.